The molecule has 104 valence electrons. The largest absolute Gasteiger partial charge is 0.479 e. The van der Waals surface area contributed by atoms with Crippen molar-refractivity contribution in [1.82, 2.24) is 10.6 Å². The SMILES string of the molecule is CC(Oc1ccc(/C=C2/NC(=S)NC2=O)cc1)C(=O)O. The Morgan fingerprint density at radius 1 is 1.35 bits per heavy atom. The Bertz CT molecular complexity index is 595. The molecule has 1 aliphatic rings. The van der Waals surface area contributed by atoms with Gasteiger partial charge in [-0.05, 0) is 42.9 Å². The van der Waals surface area contributed by atoms with Crippen LogP contribution < -0.4 is 15.4 Å². The minimum Gasteiger partial charge on any atom is -0.479 e. The van der Waals surface area contributed by atoms with Crippen LogP contribution in [-0.2, 0) is 9.59 Å². The summed E-state index contributed by atoms with van der Waals surface area (Å²) in [6.45, 7) is 1.45. The van der Waals surface area contributed by atoms with Crippen molar-refractivity contribution in [3.8, 4) is 5.75 Å². The molecule has 0 bridgehead atoms. The third-order valence-electron chi connectivity index (χ3n) is 2.57. The van der Waals surface area contributed by atoms with Crippen LogP contribution in [0.5, 0.6) is 5.75 Å². The zero-order valence-corrected chi connectivity index (χ0v) is 11.4. The smallest absolute Gasteiger partial charge is 0.344 e. The van der Waals surface area contributed by atoms with Crippen molar-refractivity contribution in [2.45, 2.75) is 13.0 Å². The predicted octanol–water partition coefficient (Wildman–Crippen LogP) is 0.884. The van der Waals surface area contributed by atoms with Crippen molar-refractivity contribution >= 4 is 35.3 Å². The van der Waals surface area contributed by atoms with Crippen molar-refractivity contribution in [3.05, 3.63) is 35.5 Å². The summed E-state index contributed by atoms with van der Waals surface area (Å²) in [5, 5.41) is 14.2. The van der Waals surface area contributed by atoms with E-state index in [1.807, 2.05) is 0 Å². The van der Waals surface area contributed by atoms with Crippen LogP contribution in [0, 0.1) is 0 Å². The van der Waals surface area contributed by atoms with E-state index in [0.717, 1.165) is 5.56 Å². The Morgan fingerprint density at radius 3 is 2.50 bits per heavy atom. The number of hydrogen-bond acceptors (Lipinski definition) is 4. The summed E-state index contributed by atoms with van der Waals surface area (Å²) >= 11 is 4.82. The number of carbonyl (C=O) groups excluding carboxylic acids is 1. The third kappa shape index (κ3) is 3.33. The van der Waals surface area contributed by atoms with E-state index in [4.69, 9.17) is 22.1 Å². The van der Waals surface area contributed by atoms with E-state index < -0.39 is 12.1 Å². The molecule has 3 N–H and O–H groups in total. The monoisotopic (exact) mass is 292 g/mol. The van der Waals surface area contributed by atoms with Crippen LogP contribution >= 0.6 is 12.2 Å². The first-order chi connectivity index (χ1) is 9.45. The van der Waals surface area contributed by atoms with Crippen LogP contribution in [-0.4, -0.2) is 28.2 Å². The number of amides is 1. The Morgan fingerprint density at radius 2 is 2.00 bits per heavy atom. The van der Waals surface area contributed by atoms with E-state index in [1.54, 1.807) is 30.3 Å². The van der Waals surface area contributed by atoms with Crippen molar-refractivity contribution < 1.29 is 19.4 Å². The molecule has 1 aromatic rings. The molecule has 7 heteroatoms. The average Bonchev–Trinajstić information content (AvgIpc) is 2.70. The van der Waals surface area contributed by atoms with Crippen molar-refractivity contribution in [2.24, 2.45) is 0 Å². The maximum Gasteiger partial charge on any atom is 0.344 e. The van der Waals surface area contributed by atoms with Gasteiger partial charge in [-0.1, -0.05) is 12.1 Å². The lowest BCUT2D eigenvalue weighted by Crippen LogP contribution is -2.22. The molecule has 0 aromatic heterocycles. The van der Waals surface area contributed by atoms with Crippen molar-refractivity contribution in [2.75, 3.05) is 0 Å². The van der Waals surface area contributed by atoms with Crippen molar-refractivity contribution in [3.63, 3.8) is 0 Å². The normalized spacial score (nSPS) is 17.6. The van der Waals surface area contributed by atoms with Crippen LogP contribution in [0.1, 0.15) is 12.5 Å². The van der Waals surface area contributed by atoms with Crippen LogP contribution in [0.2, 0.25) is 0 Å². The number of carboxylic acids is 1. The van der Waals surface area contributed by atoms with Gasteiger partial charge in [-0.15, -0.1) is 0 Å². The molecule has 0 spiro atoms. The molecule has 0 saturated carbocycles. The average molecular weight is 292 g/mol. The number of carboxylic acid groups (broad SMARTS) is 1. The number of rotatable bonds is 4. The number of benzene rings is 1. The van der Waals surface area contributed by atoms with E-state index >= 15 is 0 Å². The van der Waals surface area contributed by atoms with E-state index in [0.29, 0.717) is 11.4 Å². The maximum absolute atomic E-state index is 11.5. The Hall–Kier alpha value is -2.41. The predicted molar refractivity (Wildman–Crippen MR) is 76.0 cm³/mol. The highest BCUT2D eigenvalue weighted by Crippen LogP contribution is 2.16. The van der Waals surface area contributed by atoms with E-state index in [2.05, 4.69) is 10.6 Å². The van der Waals surface area contributed by atoms with E-state index in [9.17, 15) is 9.59 Å². The molecular formula is C13H12N2O4S. The molecule has 0 aliphatic carbocycles. The molecule has 6 nitrogen and oxygen atoms in total. The van der Waals surface area contributed by atoms with Gasteiger partial charge < -0.3 is 15.2 Å². The second-order valence-corrected chi connectivity index (χ2v) is 4.54. The highest BCUT2D eigenvalue weighted by Gasteiger charge is 2.19. The molecule has 1 saturated heterocycles. The summed E-state index contributed by atoms with van der Waals surface area (Å²) in [5.41, 5.74) is 1.13. The quantitative estimate of drug-likeness (QED) is 0.564. The summed E-state index contributed by atoms with van der Waals surface area (Å²) in [6.07, 6.45) is 0.720. The fourth-order valence-electron chi connectivity index (χ4n) is 1.55. The van der Waals surface area contributed by atoms with Gasteiger partial charge in [0.25, 0.3) is 5.91 Å². The molecule has 1 amide bonds. The van der Waals surface area contributed by atoms with Gasteiger partial charge >= 0.3 is 5.97 Å². The molecule has 1 unspecified atom stereocenters. The number of nitrogens with one attached hydrogen (secondary N) is 2. The standard InChI is InChI=1S/C13H12N2O4S/c1-7(12(17)18)19-9-4-2-8(3-5-9)6-10-11(16)15-13(20)14-10/h2-7H,1H3,(H,17,18)(H2,14,15,16,20)/b10-6+. The lowest BCUT2D eigenvalue weighted by atomic mass is 10.2. The fourth-order valence-corrected chi connectivity index (χ4v) is 1.75. The molecule has 0 radical (unpaired) electrons. The van der Waals surface area contributed by atoms with E-state index in [1.165, 1.54) is 6.92 Å². The summed E-state index contributed by atoms with van der Waals surface area (Å²) in [4.78, 5) is 22.1. The number of carbonyl (C=O) groups is 2. The number of aliphatic carboxylic acids is 1. The molecule has 2 rings (SSSR count). The summed E-state index contributed by atoms with van der Waals surface area (Å²) < 4.78 is 5.20. The van der Waals surface area contributed by atoms with Crippen LogP contribution in [0.3, 0.4) is 0 Å². The van der Waals surface area contributed by atoms with Crippen molar-refractivity contribution in [1.29, 1.82) is 0 Å². The van der Waals surface area contributed by atoms with Gasteiger partial charge in [-0.2, -0.15) is 0 Å². The van der Waals surface area contributed by atoms with Gasteiger partial charge in [0.2, 0.25) is 0 Å². The zero-order chi connectivity index (χ0) is 14.7. The molecule has 1 heterocycles. The van der Waals surface area contributed by atoms with E-state index in [-0.39, 0.29) is 11.0 Å². The topological polar surface area (TPSA) is 87.7 Å². The highest BCUT2D eigenvalue weighted by atomic mass is 32.1. The minimum absolute atomic E-state index is 0.275. The molecule has 20 heavy (non-hydrogen) atoms. The lowest BCUT2D eigenvalue weighted by Gasteiger charge is -2.10. The van der Waals surface area contributed by atoms with Crippen LogP contribution in [0.25, 0.3) is 6.08 Å². The van der Waals surface area contributed by atoms with Gasteiger partial charge in [0.15, 0.2) is 11.2 Å². The second-order valence-electron chi connectivity index (χ2n) is 4.13. The number of thiocarbonyl (C=S) groups is 1. The first-order valence-corrected chi connectivity index (χ1v) is 6.20. The number of hydrogen-bond donors (Lipinski definition) is 3. The van der Waals surface area contributed by atoms with Gasteiger partial charge in [-0.25, -0.2) is 4.79 Å². The first kappa shape index (κ1) is 14.0. The molecule has 1 aromatic carbocycles. The van der Waals surface area contributed by atoms with Gasteiger partial charge in [-0.3, -0.25) is 10.1 Å². The third-order valence-corrected chi connectivity index (χ3v) is 2.78. The Labute approximate surface area is 120 Å². The summed E-state index contributed by atoms with van der Waals surface area (Å²) in [6, 6.07) is 6.70. The molecular weight excluding hydrogens is 280 g/mol. The molecule has 1 atom stereocenters. The first-order valence-electron chi connectivity index (χ1n) is 5.79. The van der Waals surface area contributed by atoms with Gasteiger partial charge in [0.05, 0.1) is 0 Å². The van der Waals surface area contributed by atoms with Gasteiger partial charge in [0.1, 0.15) is 11.4 Å². The summed E-state index contributed by atoms with van der Waals surface area (Å²) in [7, 11) is 0. The fraction of sp³-hybridized carbons (Fsp3) is 0.154. The maximum atomic E-state index is 11.5. The zero-order valence-electron chi connectivity index (χ0n) is 10.5. The Kier molecular flexibility index (Phi) is 3.99. The van der Waals surface area contributed by atoms with Crippen LogP contribution in [0.4, 0.5) is 0 Å². The molecule has 1 fully saturated rings. The minimum atomic E-state index is -1.03. The number of ether oxygens (including phenoxy) is 1. The summed E-state index contributed by atoms with van der Waals surface area (Å²) in [5.74, 6) is -0.868. The lowest BCUT2D eigenvalue weighted by molar-refractivity contribution is -0.144. The Balaban J connectivity index is 2.09. The highest BCUT2D eigenvalue weighted by molar-refractivity contribution is 7.80. The van der Waals surface area contributed by atoms with Crippen LogP contribution in [0.15, 0.2) is 30.0 Å². The molecule has 1 aliphatic heterocycles. The second kappa shape index (κ2) is 5.70. The van der Waals surface area contributed by atoms with Gasteiger partial charge in [0, 0.05) is 0 Å².